The normalized spacial score (nSPS) is 13.2. The van der Waals surface area contributed by atoms with Gasteiger partial charge in [0.25, 0.3) is 0 Å². The highest BCUT2D eigenvalue weighted by molar-refractivity contribution is 5.87. The van der Waals surface area contributed by atoms with E-state index in [9.17, 15) is 4.79 Å². The van der Waals surface area contributed by atoms with Crippen LogP contribution in [-0.2, 0) is 13.1 Å². The molecular formula is C14H19N7O3. The number of carbonyl (C=O) groups is 1. The number of anilines is 2. The Kier molecular flexibility index (Phi) is 4.36. The maximum absolute atomic E-state index is 11.4. The van der Waals surface area contributed by atoms with Crippen LogP contribution in [0, 0.1) is 0 Å². The van der Waals surface area contributed by atoms with Crippen LogP contribution in [0.4, 0.5) is 16.4 Å². The Morgan fingerprint density at radius 3 is 2.75 bits per heavy atom. The fourth-order valence-corrected chi connectivity index (χ4v) is 2.45. The molecule has 0 spiro atoms. The largest absolute Gasteiger partial charge is 0.481 e. The molecule has 3 rings (SSSR count). The monoisotopic (exact) mass is 333 g/mol. The van der Waals surface area contributed by atoms with E-state index in [0.717, 1.165) is 12.2 Å². The van der Waals surface area contributed by atoms with E-state index in [0.29, 0.717) is 30.6 Å². The van der Waals surface area contributed by atoms with E-state index in [2.05, 4.69) is 30.6 Å². The van der Waals surface area contributed by atoms with E-state index in [1.54, 1.807) is 20.2 Å². The maximum atomic E-state index is 11.4. The van der Waals surface area contributed by atoms with Crippen molar-refractivity contribution in [3.05, 3.63) is 17.8 Å². The quantitative estimate of drug-likeness (QED) is 0.837. The number of methoxy groups -OCH3 is 2. The van der Waals surface area contributed by atoms with E-state index < -0.39 is 0 Å². The lowest BCUT2D eigenvalue weighted by Crippen LogP contribution is -2.34. The van der Waals surface area contributed by atoms with Gasteiger partial charge in [0, 0.05) is 25.7 Å². The van der Waals surface area contributed by atoms with Gasteiger partial charge in [-0.25, -0.2) is 4.79 Å². The minimum absolute atomic E-state index is 0.255. The maximum Gasteiger partial charge on any atom is 0.321 e. The van der Waals surface area contributed by atoms with Crippen molar-refractivity contribution in [1.82, 2.24) is 25.1 Å². The predicted molar refractivity (Wildman–Crippen MR) is 86.5 cm³/mol. The number of amides is 2. The van der Waals surface area contributed by atoms with E-state index in [1.165, 1.54) is 7.11 Å². The summed E-state index contributed by atoms with van der Waals surface area (Å²) in [5.41, 5.74) is 0.976. The Morgan fingerprint density at radius 1 is 1.21 bits per heavy atom. The molecular weight excluding hydrogens is 314 g/mol. The molecule has 0 bridgehead atoms. The number of aromatic nitrogens is 4. The molecule has 1 aliphatic heterocycles. The number of carbonyl (C=O) groups excluding carboxylic acids is 1. The average molecular weight is 333 g/mol. The lowest BCUT2D eigenvalue weighted by molar-refractivity contribution is 0.254. The minimum Gasteiger partial charge on any atom is -0.481 e. The van der Waals surface area contributed by atoms with Crippen molar-refractivity contribution >= 4 is 17.7 Å². The topological polar surface area (TPSA) is 106 Å². The van der Waals surface area contributed by atoms with Crippen LogP contribution in [0.25, 0.3) is 0 Å². The molecule has 0 radical (unpaired) electrons. The van der Waals surface area contributed by atoms with Gasteiger partial charge in [0.15, 0.2) is 5.82 Å². The summed E-state index contributed by atoms with van der Waals surface area (Å²) in [4.78, 5) is 21.9. The number of hydrogen-bond acceptors (Lipinski definition) is 7. The lowest BCUT2D eigenvalue weighted by atomic mass is 10.3. The molecule has 0 atom stereocenters. The first-order valence-corrected chi connectivity index (χ1v) is 7.40. The first-order valence-electron chi connectivity index (χ1n) is 7.40. The molecule has 0 aromatic carbocycles. The van der Waals surface area contributed by atoms with Crippen LogP contribution in [0.1, 0.15) is 5.69 Å². The first-order chi connectivity index (χ1) is 11.6. The Labute approximate surface area is 138 Å². The summed E-state index contributed by atoms with van der Waals surface area (Å²) in [5.74, 6) is 1.67. The van der Waals surface area contributed by atoms with Crippen molar-refractivity contribution in [1.29, 1.82) is 0 Å². The number of ether oxygens (including phenoxy) is 2. The zero-order chi connectivity index (χ0) is 17.1. The van der Waals surface area contributed by atoms with Gasteiger partial charge in [-0.15, -0.1) is 0 Å². The van der Waals surface area contributed by atoms with Crippen molar-refractivity contribution in [2.45, 2.75) is 13.1 Å². The second-order valence-corrected chi connectivity index (χ2v) is 5.12. The smallest absolute Gasteiger partial charge is 0.321 e. The Balaban J connectivity index is 1.81. The summed E-state index contributed by atoms with van der Waals surface area (Å²) in [6, 6.07) is 3.56. The molecule has 128 valence electrons. The number of nitrogens with zero attached hydrogens (tertiary/aromatic N) is 5. The van der Waals surface area contributed by atoms with Crippen molar-refractivity contribution in [2.75, 3.05) is 38.0 Å². The van der Waals surface area contributed by atoms with Gasteiger partial charge in [-0.2, -0.15) is 15.1 Å². The second kappa shape index (κ2) is 6.60. The van der Waals surface area contributed by atoms with Crippen LogP contribution in [0.5, 0.6) is 11.9 Å². The van der Waals surface area contributed by atoms with Gasteiger partial charge in [0.2, 0.25) is 5.88 Å². The van der Waals surface area contributed by atoms with Crippen molar-refractivity contribution in [2.24, 2.45) is 0 Å². The van der Waals surface area contributed by atoms with Gasteiger partial charge in [0.1, 0.15) is 5.82 Å². The van der Waals surface area contributed by atoms with Gasteiger partial charge < -0.3 is 19.7 Å². The van der Waals surface area contributed by atoms with E-state index in [-0.39, 0.29) is 12.0 Å². The molecule has 2 aromatic rings. The molecule has 2 N–H and O–H groups in total. The summed E-state index contributed by atoms with van der Waals surface area (Å²) in [7, 11) is 4.62. The number of hydrogen-bond donors (Lipinski definition) is 2. The van der Waals surface area contributed by atoms with E-state index in [1.807, 2.05) is 10.7 Å². The molecule has 0 unspecified atom stereocenters. The standard InChI is InChI=1S/C14H19N7O3/c1-15-13(22)16-10-6-9-8-20(4-5-21(9)19-10)11-7-12(23-2)18-14(17-11)24-3/h6-7H,4-5,8H2,1-3H3,(H2,15,16,19,22). The molecule has 10 nitrogen and oxygen atoms in total. The van der Waals surface area contributed by atoms with Crippen molar-refractivity contribution in [3.63, 3.8) is 0 Å². The zero-order valence-corrected chi connectivity index (χ0v) is 13.7. The van der Waals surface area contributed by atoms with Crippen molar-refractivity contribution in [3.8, 4) is 11.9 Å². The third-order valence-electron chi connectivity index (χ3n) is 3.65. The molecule has 1 aliphatic rings. The third-order valence-corrected chi connectivity index (χ3v) is 3.65. The van der Waals surface area contributed by atoms with Gasteiger partial charge in [0.05, 0.1) is 33.0 Å². The van der Waals surface area contributed by atoms with Crippen LogP contribution in [-0.4, -0.2) is 53.6 Å². The average Bonchev–Trinajstić information content (AvgIpc) is 3.02. The number of urea groups is 1. The van der Waals surface area contributed by atoms with Gasteiger partial charge in [-0.1, -0.05) is 0 Å². The summed E-state index contributed by atoms with van der Waals surface area (Å²) in [6.07, 6.45) is 0. The van der Waals surface area contributed by atoms with Gasteiger partial charge in [-0.05, 0) is 0 Å². The first kappa shape index (κ1) is 15.8. The molecule has 0 aliphatic carbocycles. The van der Waals surface area contributed by atoms with E-state index in [4.69, 9.17) is 9.47 Å². The fraction of sp³-hybridized carbons (Fsp3) is 0.429. The van der Waals surface area contributed by atoms with Crippen LogP contribution in [0.2, 0.25) is 0 Å². The fourth-order valence-electron chi connectivity index (χ4n) is 2.45. The SMILES string of the molecule is CNC(=O)Nc1cc2n(n1)CCN(c1cc(OC)nc(OC)n1)C2. The number of fused-ring (bicyclic) bond motifs is 1. The van der Waals surface area contributed by atoms with Crippen LogP contribution in [0.3, 0.4) is 0 Å². The number of rotatable bonds is 4. The Bertz CT molecular complexity index is 724. The third kappa shape index (κ3) is 3.16. The van der Waals surface area contributed by atoms with Crippen LogP contribution in [0.15, 0.2) is 12.1 Å². The summed E-state index contributed by atoms with van der Waals surface area (Å²) in [5, 5.41) is 9.54. The molecule has 0 fully saturated rings. The predicted octanol–water partition coefficient (Wildman–Crippen LogP) is 0.462. The summed E-state index contributed by atoms with van der Waals surface area (Å²) in [6.45, 7) is 2.00. The molecule has 0 saturated carbocycles. The summed E-state index contributed by atoms with van der Waals surface area (Å²) >= 11 is 0. The lowest BCUT2D eigenvalue weighted by Gasteiger charge is -2.28. The molecule has 2 aromatic heterocycles. The Hall–Kier alpha value is -3.04. The summed E-state index contributed by atoms with van der Waals surface area (Å²) < 4.78 is 12.2. The molecule has 0 saturated heterocycles. The zero-order valence-electron chi connectivity index (χ0n) is 13.7. The number of nitrogens with one attached hydrogen (secondary N) is 2. The van der Waals surface area contributed by atoms with Gasteiger partial charge in [-0.3, -0.25) is 10.00 Å². The highest BCUT2D eigenvalue weighted by Gasteiger charge is 2.21. The minimum atomic E-state index is -0.299. The molecule has 24 heavy (non-hydrogen) atoms. The van der Waals surface area contributed by atoms with E-state index >= 15 is 0 Å². The van der Waals surface area contributed by atoms with Crippen molar-refractivity contribution < 1.29 is 14.3 Å². The molecule has 3 heterocycles. The highest BCUT2D eigenvalue weighted by atomic mass is 16.5. The molecule has 10 heteroatoms. The second-order valence-electron chi connectivity index (χ2n) is 5.12. The molecule has 2 amide bonds. The van der Waals surface area contributed by atoms with Gasteiger partial charge >= 0.3 is 12.0 Å². The highest BCUT2D eigenvalue weighted by Crippen LogP contribution is 2.25. The Morgan fingerprint density at radius 2 is 2.04 bits per heavy atom. The van der Waals surface area contributed by atoms with Crippen LogP contribution >= 0.6 is 0 Å². The van der Waals surface area contributed by atoms with Crippen LogP contribution < -0.4 is 25.0 Å².